The molecule has 0 spiro atoms. The van der Waals surface area contributed by atoms with E-state index in [1.54, 1.807) is 7.11 Å². The van der Waals surface area contributed by atoms with Crippen molar-refractivity contribution in [3.05, 3.63) is 0 Å². The van der Waals surface area contributed by atoms with E-state index in [0.717, 1.165) is 37.0 Å². The molecule has 4 heteroatoms. The zero-order valence-electron chi connectivity index (χ0n) is 12.6. The van der Waals surface area contributed by atoms with Crippen LogP contribution in [0.4, 0.5) is 0 Å². The molecule has 0 radical (unpaired) electrons. The Bertz CT molecular complexity index is 349. The van der Waals surface area contributed by atoms with Crippen LogP contribution < -0.4 is 0 Å². The highest BCUT2D eigenvalue weighted by Gasteiger charge is 2.55. The first kappa shape index (κ1) is 14.6. The maximum Gasteiger partial charge on any atom is 0.228 e. The largest absolute Gasteiger partial charge is 0.383 e. The molecule has 0 saturated heterocycles. The number of hydrogen-bond donors (Lipinski definition) is 0. The smallest absolute Gasteiger partial charge is 0.228 e. The van der Waals surface area contributed by atoms with E-state index >= 15 is 0 Å². The summed E-state index contributed by atoms with van der Waals surface area (Å²) in [5.74, 6) is 2.77. The molecule has 4 bridgehead atoms. The van der Waals surface area contributed by atoms with E-state index in [4.69, 9.17) is 16.3 Å². The Morgan fingerprint density at radius 3 is 2.20 bits per heavy atom. The summed E-state index contributed by atoms with van der Waals surface area (Å²) in [5.41, 5.74) is -0.0484. The number of carbonyl (C=O) groups is 1. The molecular formula is C16H26ClNO2. The summed E-state index contributed by atoms with van der Waals surface area (Å²) >= 11 is 6.21. The second-order valence-electron chi connectivity index (χ2n) is 7.44. The SMILES string of the molecule is COCC(Cl)CN(C)C(=O)C12CC3CC(CC(C3)C1)C2. The van der Waals surface area contributed by atoms with Gasteiger partial charge in [0.1, 0.15) is 0 Å². The molecule has 0 heterocycles. The van der Waals surface area contributed by atoms with Crippen molar-refractivity contribution >= 4 is 17.5 Å². The van der Waals surface area contributed by atoms with E-state index in [1.807, 2.05) is 11.9 Å². The number of ether oxygens (including phenoxy) is 1. The van der Waals surface area contributed by atoms with Gasteiger partial charge in [0, 0.05) is 20.7 Å². The summed E-state index contributed by atoms with van der Waals surface area (Å²) in [7, 11) is 3.56. The molecule has 0 aromatic rings. The summed E-state index contributed by atoms with van der Waals surface area (Å²) < 4.78 is 5.06. The lowest BCUT2D eigenvalue weighted by Crippen LogP contribution is -2.54. The van der Waals surface area contributed by atoms with Gasteiger partial charge in [-0.1, -0.05) is 0 Å². The minimum absolute atomic E-state index is 0.0484. The van der Waals surface area contributed by atoms with E-state index in [2.05, 4.69) is 0 Å². The topological polar surface area (TPSA) is 29.5 Å². The lowest BCUT2D eigenvalue weighted by Gasteiger charge is -2.56. The fourth-order valence-electron chi connectivity index (χ4n) is 5.39. The number of methoxy groups -OCH3 is 1. The van der Waals surface area contributed by atoms with Gasteiger partial charge < -0.3 is 9.64 Å². The van der Waals surface area contributed by atoms with E-state index in [0.29, 0.717) is 19.1 Å². The monoisotopic (exact) mass is 299 g/mol. The Balaban J connectivity index is 1.67. The highest BCUT2D eigenvalue weighted by atomic mass is 35.5. The third-order valence-corrected chi connectivity index (χ3v) is 5.92. The normalized spacial score (nSPS) is 39.9. The molecule has 4 rings (SSSR count). The number of halogens is 1. The Labute approximate surface area is 127 Å². The van der Waals surface area contributed by atoms with Crippen molar-refractivity contribution in [2.24, 2.45) is 23.2 Å². The highest BCUT2D eigenvalue weighted by Crippen LogP contribution is 2.60. The lowest BCUT2D eigenvalue weighted by atomic mass is 9.49. The molecule has 0 aliphatic heterocycles. The first-order chi connectivity index (χ1) is 9.52. The Kier molecular flexibility index (Phi) is 4.02. The van der Waals surface area contributed by atoms with Crippen molar-refractivity contribution < 1.29 is 9.53 Å². The second kappa shape index (κ2) is 5.49. The summed E-state index contributed by atoms with van der Waals surface area (Å²) in [5, 5.41) is -0.108. The molecule has 4 aliphatic rings. The molecule has 1 unspecified atom stereocenters. The molecule has 1 amide bonds. The van der Waals surface area contributed by atoms with Gasteiger partial charge in [0.15, 0.2) is 0 Å². The zero-order valence-corrected chi connectivity index (χ0v) is 13.4. The minimum Gasteiger partial charge on any atom is -0.383 e. The maximum atomic E-state index is 13.0. The molecule has 1 atom stereocenters. The van der Waals surface area contributed by atoms with Gasteiger partial charge in [0.05, 0.1) is 17.4 Å². The fraction of sp³-hybridized carbons (Fsp3) is 0.938. The van der Waals surface area contributed by atoms with Crippen molar-refractivity contribution in [2.45, 2.75) is 43.9 Å². The summed E-state index contributed by atoms with van der Waals surface area (Å²) in [6.45, 7) is 1.09. The molecule has 0 aromatic carbocycles. The van der Waals surface area contributed by atoms with Crippen molar-refractivity contribution in [3.63, 3.8) is 0 Å². The van der Waals surface area contributed by atoms with Gasteiger partial charge in [-0.15, -0.1) is 11.6 Å². The average molecular weight is 300 g/mol. The van der Waals surface area contributed by atoms with Gasteiger partial charge in [-0.25, -0.2) is 0 Å². The average Bonchev–Trinajstić information content (AvgIpc) is 2.36. The van der Waals surface area contributed by atoms with Crippen LogP contribution >= 0.6 is 11.6 Å². The van der Waals surface area contributed by atoms with E-state index in [9.17, 15) is 4.79 Å². The van der Waals surface area contributed by atoms with Crippen LogP contribution in [0.3, 0.4) is 0 Å². The molecule has 4 saturated carbocycles. The zero-order chi connectivity index (χ0) is 14.3. The molecule has 20 heavy (non-hydrogen) atoms. The van der Waals surface area contributed by atoms with Crippen molar-refractivity contribution in [2.75, 3.05) is 27.3 Å². The Morgan fingerprint density at radius 1 is 1.25 bits per heavy atom. The van der Waals surface area contributed by atoms with Crippen molar-refractivity contribution in [1.29, 1.82) is 0 Å². The summed E-state index contributed by atoms with van der Waals surface area (Å²) in [6, 6.07) is 0. The standard InChI is InChI=1S/C16H26ClNO2/c1-18(9-14(17)10-20-2)15(19)16-6-11-3-12(7-16)5-13(4-11)8-16/h11-14H,3-10H2,1-2H3. The molecule has 3 nitrogen and oxygen atoms in total. The molecule has 4 aliphatic carbocycles. The molecule has 0 N–H and O–H groups in total. The van der Waals surface area contributed by atoms with Crippen molar-refractivity contribution in [1.82, 2.24) is 4.90 Å². The van der Waals surface area contributed by atoms with Gasteiger partial charge in [-0.05, 0) is 56.3 Å². The van der Waals surface area contributed by atoms with Crippen LogP contribution in [-0.4, -0.2) is 43.5 Å². The maximum absolute atomic E-state index is 13.0. The Hall–Kier alpha value is -0.280. The van der Waals surface area contributed by atoms with E-state index < -0.39 is 0 Å². The number of rotatable bonds is 5. The van der Waals surface area contributed by atoms with E-state index in [1.165, 1.54) is 19.3 Å². The molecule has 4 fully saturated rings. The molecule has 0 aromatic heterocycles. The molecule has 114 valence electrons. The fourth-order valence-corrected chi connectivity index (χ4v) is 5.72. The van der Waals surface area contributed by atoms with Gasteiger partial charge in [-0.2, -0.15) is 0 Å². The van der Waals surface area contributed by atoms with Crippen LogP contribution in [0.15, 0.2) is 0 Å². The van der Waals surface area contributed by atoms with Crippen LogP contribution in [0, 0.1) is 23.2 Å². The summed E-state index contributed by atoms with van der Waals surface area (Å²) in [4.78, 5) is 14.8. The number of hydrogen-bond acceptors (Lipinski definition) is 2. The van der Waals surface area contributed by atoms with Crippen molar-refractivity contribution in [3.8, 4) is 0 Å². The van der Waals surface area contributed by atoms with Gasteiger partial charge in [-0.3, -0.25) is 4.79 Å². The number of nitrogens with zero attached hydrogens (tertiary/aromatic N) is 1. The first-order valence-electron chi connectivity index (χ1n) is 7.91. The predicted octanol–water partition coefficient (Wildman–Crippen LogP) is 2.92. The minimum atomic E-state index is -0.108. The molecular weight excluding hydrogens is 274 g/mol. The number of amides is 1. The number of alkyl halides is 1. The van der Waals surface area contributed by atoms with Gasteiger partial charge in [0.25, 0.3) is 0 Å². The van der Waals surface area contributed by atoms with Crippen LogP contribution in [0.1, 0.15) is 38.5 Å². The van der Waals surface area contributed by atoms with Crippen LogP contribution in [-0.2, 0) is 9.53 Å². The van der Waals surface area contributed by atoms with Crippen LogP contribution in [0.5, 0.6) is 0 Å². The second-order valence-corrected chi connectivity index (χ2v) is 8.05. The van der Waals surface area contributed by atoms with Crippen LogP contribution in [0.25, 0.3) is 0 Å². The van der Waals surface area contributed by atoms with Crippen LogP contribution in [0.2, 0.25) is 0 Å². The predicted molar refractivity (Wildman–Crippen MR) is 79.8 cm³/mol. The third kappa shape index (κ3) is 2.59. The van der Waals surface area contributed by atoms with Gasteiger partial charge in [0.2, 0.25) is 5.91 Å². The summed E-state index contributed by atoms with van der Waals surface area (Å²) in [6.07, 6.45) is 7.49. The Morgan fingerprint density at radius 2 is 1.75 bits per heavy atom. The third-order valence-electron chi connectivity index (χ3n) is 5.66. The quantitative estimate of drug-likeness (QED) is 0.731. The lowest BCUT2D eigenvalue weighted by molar-refractivity contribution is -0.156. The van der Waals surface area contributed by atoms with E-state index in [-0.39, 0.29) is 10.8 Å². The first-order valence-corrected chi connectivity index (χ1v) is 8.34. The highest BCUT2D eigenvalue weighted by molar-refractivity contribution is 6.21. The number of carbonyl (C=O) groups excluding carboxylic acids is 1. The van der Waals surface area contributed by atoms with Gasteiger partial charge >= 0.3 is 0 Å².